The molecule has 1 fully saturated rings. The van der Waals surface area contributed by atoms with Gasteiger partial charge in [0, 0.05) is 62.8 Å². The highest BCUT2D eigenvalue weighted by Gasteiger charge is 2.20. The first-order valence-electron chi connectivity index (χ1n) is 9.00. The molecular weight excluding hydrogens is 328 g/mol. The second-order valence-electron chi connectivity index (χ2n) is 6.30. The smallest absolute Gasteiger partial charge is 0.251 e. The van der Waals surface area contributed by atoms with E-state index in [1.807, 2.05) is 35.2 Å². The lowest BCUT2D eigenvalue weighted by molar-refractivity contribution is -0.131. The van der Waals surface area contributed by atoms with Crippen molar-refractivity contribution in [3.8, 4) is 0 Å². The van der Waals surface area contributed by atoms with E-state index in [4.69, 9.17) is 0 Å². The van der Waals surface area contributed by atoms with Crippen LogP contribution in [-0.2, 0) is 4.79 Å². The lowest BCUT2D eigenvalue weighted by atomic mass is 10.2. The van der Waals surface area contributed by atoms with Crippen molar-refractivity contribution in [2.24, 2.45) is 0 Å². The molecule has 1 aliphatic rings. The number of nitrogens with one attached hydrogen (secondary N) is 1. The molecule has 136 valence electrons. The molecule has 1 aromatic carbocycles. The minimum absolute atomic E-state index is 0.0935. The Bertz CT molecular complexity index is 713. The maximum Gasteiger partial charge on any atom is 0.251 e. The number of rotatable bonds is 6. The number of piperazine rings is 1. The molecule has 6 heteroatoms. The average molecular weight is 352 g/mol. The summed E-state index contributed by atoms with van der Waals surface area (Å²) in [7, 11) is 0. The monoisotopic (exact) mass is 352 g/mol. The Hall–Kier alpha value is -2.89. The molecule has 1 saturated heterocycles. The molecule has 3 rings (SSSR count). The van der Waals surface area contributed by atoms with Crippen LogP contribution in [0.5, 0.6) is 0 Å². The van der Waals surface area contributed by atoms with Crippen molar-refractivity contribution in [2.45, 2.75) is 12.8 Å². The number of nitrogens with zero attached hydrogens (tertiary/aromatic N) is 3. The maximum atomic E-state index is 12.3. The zero-order chi connectivity index (χ0) is 18.2. The summed E-state index contributed by atoms with van der Waals surface area (Å²) in [6, 6.07) is 13.1. The summed E-state index contributed by atoms with van der Waals surface area (Å²) < 4.78 is 0. The number of hydrogen-bond acceptors (Lipinski definition) is 4. The van der Waals surface area contributed by atoms with E-state index in [9.17, 15) is 9.59 Å². The van der Waals surface area contributed by atoms with E-state index in [2.05, 4.69) is 15.2 Å². The van der Waals surface area contributed by atoms with Gasteiger partial charge in [0.1, 0.15) is 0 Å². The zero-order valence-electron chi connectivity index (χ0n) is 14.8. The topological polar surface area (TPSA) is 65.5 Å². The molecule has 2 aromatic rings. The molecule has 1 aliphatic heterocycles. The summed E-state index contributed by atoms with van der Waals surface area (Å²) in [5.74, 6) is 0.0670. The van der Waals surface area contributed by atoms with Crippen molar-refractivity contribution in [1.82, 2.24) is 15.2 Å². The molecular formula is C20H24N4O2. The number of hydrogen-bond donors (Lipinski definition) is 1. The Balaban J connectivity index is 1.35. The van der Waals surface area contributed by atoms with Gasteiger partial charge >= 0.3 is 0 Å². The number of pyridine rings is 1. The summed E-state index contributed by atoms with van der Waals surface area (Å²) in [5.41, 5.74) is 1.79. The molecule has 1 aromatic heterocycles. The Morgan fingerprint density at radius 1 is 0.962 bits per heavy atom. The van der Waals surface area contributed by atoms with E-state index in [0.29, 0.717) is 24.9 Å². The van der Waals surface area contributed by atoms with E-state index >= 15 is 0 Å². The minimum atomic E-state index is -0.0935. The predicted molar refractivity (Wildman–Crippen MR) is 101 cm³/mol. The van der Waals surface area contributed by atoms with Gasteiger partial charge in [-0.3, -0.25) is 14.6 Å². The molecule has 26 heavy (non-hydrogen) atoms. The van der Waals surface area contributed by atoms with Crippen LogP contribution in [0.15, 0.2) is 54.9 Å². The lowest BCUT2D eigenvalue weighted by Gasteiger charge is -2.36. The van der Waals surface area contributed by atoms with Gasteiger partial charge in [0.15, 0.2) is 0 Å². The van der Waals surface area contributed by atoms with Gasteiger partial charge in [0.2, 0.25) is 5.91 Å². The second kappa shape index (κ2) is 8.99. The predicted octanol–water partition coefficient (Wildman–Crippen LogP) is 1.94. The molecule has 0 unspecified atom stereocenters. The number of aromatic nitrogens is 1. The van der Waals surface area contributed by atoms with Crippen LogP contribution in [-0.4, -0.2) is 54.4 Å². The Kier molecular flexibility index (Phi) is 6.19. The van der Waals surface area contributed by atoms with Crippen molar-refractivity contribution in [2.75, 3.05) is 37.6 Å². The third-order valence-electron chi connectivity index (χ3n) is 4.55. The SMILES string of the molecule is O=C(NCCCC(=O)N1CCN(c2ccncc2)CC1)c1ccccc1. The fourth-order valence-corrected chi connectivity index (χ4v) is 3.06. The first kappa shape index (κ1) is 17.9. The summed E-state index contributed by atoms with van der Waals surface area (Å²) >= 11 is 0. The van der Waals surface area contributed by atoms with Crippen LogP contribution < -0.4 is 10.2 Å². The van der Waals surface area contributed by atoms with Crippen LogP contribution in [0.25, 0.3) is 0 Å². The summed E-state index contributed by atoms with van der Waals surface area (Å²) in [4.78, 5) is 32.5. The third-order valence-corrected chi connectivity index (χ3v) is 4.55. The molecule has 6 nitrogen and oxygen atoms in total. The van der Waals surface area contributed by atoms with Gasteiger partial charge in [0.25, 0.3) is 5.91 Å². The minimum Gasteiger partial charge on any atom is -0.368 e. The molecule has 0 saturated carbocycles. The largest absolute Gasteiger partial charge is 0.368 e. The van der Waals surface area contributed by atoms with Crippen molar-refractivity contribution in [3.05, 3.63) is 60.4 Å². The fourth-order valence-electron chi connectivity index (χ4n) is 3.06. The van der Waals surface area contributed by atoms with Crippen molar-refractivity contribution in [1.29, 1.82) is 0 Å². The fraction of sp³-hybridized carbons (Fsp3) is 0.350. The molecule has 0 radical (unpaired) electrons. The van der Waals surface area contributed by atoms with Crippen LogP contribution in [0.1, 0.15) is 23.2 Å². The van der Waals surface area contributed by atoms with Crippen molar-refractivity contribution < 1.29 is 9.59 Å². The van der Waals surface area contributed by atoms with Crippen LogP contribution in [0.2, 0.25) is 0 Å². The molecule has 0 spiro atoms. The van der Waals surface area contributed by atoms with Crippen molar-refractivity contribution in [3.63, 3.8) is 0 Å². The number of benzene rings is 1. The Labute approximate surface area is 153 Å². The molecule has 2 amide bonds. The quantitative estimate of drug-likeness (QED) is 0.807. The standard InChI is InChI=1S/C20H24N4O2/c25-19(7-4-10-22-20(26)17-5-2-1-3-6-17)24-15-13-23(14-16-24)18-8-11-21-12-9-18/h1-3,5-6,8-9,11-12H,4,7,10,13-16H2,(H,22,26). The highest BCUT2D eigenvalue weighted by Crippen LogP contribution is 2.15. The summed E-state index contributed by atoms with van der Waals surface area (Å²) in [6.45, 7) is 3.65. The van der Waals surface area contributed by atoms with E-state index in [1.165, 1.54) is 0 Å². The highest BCUT2D eigenvalue weighted by molar-refractivity contribution is 5.94. The first-order chi connectivity index (χ1) is 12.7. The lowest BCUT2D eigenvalue weighted by Crippen LogP contribution is -2.48. The normalized spacial score (nSPS) is 14.2. The third kappa shape index (κ3) is 4.81. The maximum absolute atomic E-state index is 12.3. The Morgan fingerprint density at radius 3 is 2.35 bits per heavy atom. The van der Waals surface area contributed by atoms with Gasteiger partial charge in [-0.1, -0.05) is 18.2 Å². The Morgan fingerprint density at radius 2 is 1.65 bits per heavy atom. The van der Waals surface area contributed by atoms with Crippen LogP contribution in [0.3, 0.4) is 0 Å². The van der Waals surface area contributed by atoms with Gasteiger partial charge in [0.05, 0.1) is 0 Å². The number of amides is 2. The van der Waals surface area contributed by atoms with Crippen LogP contribution >= 0.6 is 0 Å². The average Bonchev–Trinajstić information content (AvgIpc) is 2.72. The van der Waals surface area contributed by atoms with Gasteiger partial charge in [-0.2, -0.15) is 0 Å². The summed E-state index contributed by atoms with van der Waals surface area (Å²) in [6.07, 6.45) is 4.69. The van der Waals surface area contributed by atoms with Crippen LogP contribution in [0, 0.1) is 0 Å². The molecule has 0 aliphatic carbocycles. The molecule has 0 bridgehead atoms. The van der Waals surface area contributed by atoms with E-state index in [-0.39, 0.29) is 11.8 Å². The van der Waals surface area contributed by atoms with Gasteiger partial charge in [-0.15, -0.1) is 0 Å². The second-order valence-corrected chi connectivity index (χ2v) is 6.30. The number of carbonyl (C=O) groups excluding carboxylic acids is 2. The van der Waals surface area contributed by atoms with Gasteiger partial charge in [-0.25, -0.2) is 0 Å². The van der Waals surface area contributed by atoms with E-state index in [1.54, 1.807) is 24.5 Å². The first-order valence-corrected chi connectivity index (χ1v) is 9.00. The van der Waals surface area contributed by atoms with Gasteiger partial charge in [-0.05, 0) is 30.7 Å². The van der Waals surface area contributed by atoms with Crippen molar-refractivity contribution >= 4 is 17.5 Å². The van der Waals surface area contributed by atoms with Gasteiger partial charge < -0.3 is 15.1 Å². The van der Waals surface area contributed by atoms with Crippen LogP contribution in [0.4, 0.5) is 5.69 Å². The van der Waals surface area contributed by atoms with E-state index < -0.39 is 0 Å². The highest BCUT2D eigenvalue weighted by atomic mass is 16.2. The molecule has 0 atom stereocenters. The zero-order valence-corrected chi connectivity index (χ0v) is 14.8. The summed E-state index contributed by atoms with van der Waals surface area (Å²) in [5, 5.41) is 2.86. The van der Waals surface area contributed by atoms with E-state index in [0.717, 1.165) is 31.9 Å². The molecule has 1 N–H and O–H groups in total. The number of anilines is 1. The molecule has 2 heterocycles. The number of carbonyl (C=O) groups is 2.